The summed E-state index contributed by atoms with van der Waals surface area (Å²) in [6, 6.07) is 7.84. The molecule has 29 heavy (non-hydrogen) atoms. The van der Waals surface area contributed by atoms with Gasteiger partial charge in [0.25, 0.3) is 0 Å². The maximum absolute atomic E-state index is 11.9. The van der Waals surface area contributed by atoms with Crippen molar-refractivity contribution >= 4 is 29.2 Å². The average Bonchev–Trinajstić information content (AvgIpc) is 2.94. The number of hydrogen-bond donors (Lipinski definition) is 1. The highest BCUT2D eigenvalue weighted by Gasteiger charge is 2.41. The highest BCUT2D eigenvalue weighted by molar-refractivity contribution is 7.99. The number of benzene rings is 1. The average molecular weight is 411 g/mol. The first-order chi connectivity index (χ1) is 14.2. The van der Waals surface area contributed by atoms with Crippen molar-refractivity contribution in [2.24, 2.45) is 5.92 Å². The lowest BCUT2D eigenvalue weighted by atomic mass is 9.88. The van der Waals surface area contributed by atoms with E-state index in [-0.39, 0.29) is 5.97 Å². The minimum Gasteiger partial charge on any atom is -0.466 e. The zero-order valence-electron chi connectivity index (χ0n) is 16.6. The van der Waals surface area contributed by atoms with Gasteiger partial charge in [-0.3, -0.25) is 9.69 Å². The normalized spacial score (nSPS) is 25.1. The first-order valence-corrected chi connectivity index (χ1v) is 11.3. The molecule has 3 atom stereocenters. The van der Waals surface area contributed by atoms with Crippen molar-refractivity contribution in [3.63, 3.8) is 0 Å². The maximum Gasteiger partial charge on any atom is 0.306 e. The fraction of sp³-hybridized carbons (Fsp3) is 0.500. The molecule has 6 nitrogen and oxygen atoms in total. The number of ether oxygens (including phenoxy) is 1. The van der Waals surface area contributed by atoms with Crippen LogP contribution in [0.25, 0.3) is 0 Å². The molecule has 1 N–H and O–H groups in total. The molecule has 1 aromatic carbocycles. The number of carbonyl (C=O) groups excluding carboxylic acids is 1. The van der Waals surface area contributed by atoms with Gasteiger partial charge in [-0.05, 0) is 56.2 Å². The molecule has 0 saturated carbocycles. The first kappa shape index (κ1) is 18.9. The van der Waals surface area contributed by atoms with E-state index < -0.39 is 0 Å². The molecule has 2 saturated heterocycles. The van der Waals surface area contributed by atoms with Gasteiger partial charge in [-0.2, -0.15) is 0 Å². The van der Waals surface area contributed by atoms with Crippen LogP contribution in [0, 0.1) is 5.92 Å². The Labute approximate surface area is 175 Å². The van der Waals surface area contributed by atoms with Crippen molar-refractivity contribution in [3.05, 3.63) is 36.2 Å². The molecule has 1 aromatic heterocycles. The summed E-state index contributed by atoms with van der Waals surface area (Å²) < 4.78 is 5.16. The van der Waals surface area contributed by atoms with Crippen LogP contribution in [0.15, 0.2) is 40.5 Å². The van der Waals surface area contributed by atoms with Crippen molar-refractivity contribution in [2.45, 2.75) is 67.6 Å². The van der Waals surface area contributed by atoms with Crippen LogP contribution in [-0.2, 0) is 16.1 Å². The number of carbonyl (C=O) groups is 1. The zero-order chi connectivity index (χ0) is 19.8. The van der Waals surface area contributed by atoms with Crippen LogP contribution in [0.5, 0.6) is 0 Å². The van der Waals surface area contributed by atoms with Crippen LogP contribution in [0.2, 0.25) is 0 Å². The number of nitrogens with one attached hydrogen (secondary N) is 1. The van der Waals surface area contributed by atoms with Crippen LogP contribution in [0.1, 0.15) is 44.6 Å². The third-order valence-corrected chi connectivity index (χ3v) is 7.34. The minimum absolute atomic E-state index is 0.0352. The number of esters is 1. The molecule has 152 valence electrons. The van der Waals surface area contributed by atoms with Gasteiger partial charge in [-0.15, -0.1) is 0 Å². The Kier molecular flexibility index (Phi) is 5.18. The van der Waals surface area contributed by atoms with Crippen molar-refractivity contribution < 1.29 is 9.53 Å². The maximum atomic E-state index is 11.9. The highest BCUT2D eigenvalue weighted by atomic mass is 32.2. The number of anilines is 2. The van der Waals surface area contributed by atoms with Gasteiger partial charge in [-0.25, -0.2) is 9.97 Å². The summed E-state index contributed by atoms with van der Waals surface area (Å²) in [6.45, 7) is 3.32. The van der Waals surface area contributed by atoms with Gasteiger partial charge < -0.3 is 10.1 Å². The van der Waals surface area contributed by atoms with E-state index >= 15 is 0 Å². The second-order valence-electron chi connectivity index (χ2n) is 8.17. The van der Waals surface area contributed by atoms with Gasteiger partial charge in [0, 0.05) is 42.3 Å². The highest BCUT2D eigenvalue weighted by Crippen LogP contribution is 2.44. The number of piperidine rings is 1. The molecule has 2 fully saturated rings. The number of fused-ring (bicyclic) bond motifs is 4. The molecule has 0 aliphatic carbocycles. The monoisotopic (exact) mass is 410 g/mol. The summed E-state index contributed by atoms with van der Waals surface area (Å²) >= 11 is 1.67. The molecule has 7 heteroatoms. The van der Waals surface area contributed by atoms with E-state index in [4.69, 9.17) is 4.74 Å². The van der Waals surface area contributed by atoms with E-state index in [9.17, 15) is 4.79 Å². The Morgan fingerprint density at radius 3 is 2.83 bits per heavy atom. The second kappa shape index (κ2) is 7.95. The molecule has 3 aliphatic rings. The van der Waals surface area contributed by atoms with Gasteiger partial charge in [0.1, 0.15) is 5.03 Å². The standard InChI is InChI=1S/C22H26N4O2S/c1-2-28-20(27)12-15-9-16-4-5-17(10-15)26(16)13-14-3-6-19-18(11-14)25-21-22(29-19)24-8-7-23-21/h3,6-8,11,15-17H,2,4-5,9-10,12-13H2,1H3,(H,23,25)/t15?,16-,17+. The molecule has 5 rings (SSSR count). The van der Waals surface area contributed by atoms with Crippen molar-refractivity contribution in [1.29, 1.82) is 0 Å². The predicted octanol–water partition coefficient (Wildman–Crippen LogP) is 4.38. The lowest BCUT2D eigenvalue weighted by Gasteiger charge is -2.39. The van der Waals surface area contributed by atoms with Crippen molar-refractivity contribution in [1.82, 2.24) is 14.9 Å². The molecule has 0 radical (unpaired) electrons. The van der Waals surface area contributed by atoms with Crippen molar-refractivity contribution in [2.75, 3.05) is 11.9 Å². The van der Waals surface area contributed by atoms with E-state index in [0.29, 0.717) is 31.0 Å². The minimum atomic E-state index is -0.0352. The molecular formula is C22H26N4O2S. The molecule has 3 aliphatic heterocycles. The summed E-state index contributed by atoms with van der Waals surface area (Å²) in [4.78, 5) is 24.5. The fourth-order valence-corrected chi connectivity index (χ4v) is 5.94. The quantitative estimate of drug-likeness (QED) is 0.626. The number of aromatic nitrogens is 2. The molecule has 0 spiro atoms. The van der Waals surface area contributed by atoms with Crippen LogP contribution >= 0.6 is 11.8 Å². The summed E-state index contributed by atoms with van der Waals surface area (Å²) in [5, 5.41) is 4.36. The van der Waals surface area contributed by atoms with E-state index in [1.165, 1.54) is 23.3 Å². The van der Waals surface area contributed by atoms with Crippen LogP contribution in [0.4, 0.5) is 11.5 Å². The first-order valence-electron chi connectivity index (χ1n) is 10.5. The van der Waals surface area contributed by atoms with Crippen molar-refractivity contribution in [3.8, 4) is 0 Å². The van der Waals surface area contributed by atoms with E-state index in [2.05, 4.69) is 38.4 Å². The SMILES string of the molecule is CCOC(=O)CC1C[C@H]2CC[C@@H](C1)N2Cc1ccc2c(c1)Nc1nccnc1S2. The van der Waals surface area contributed by atoms with Crippen LogP contribution in [-0.4, -0.2) is 39.5 Å². The third-order valence-electron chi connectivity index (χ3n) is 6.28. The summed E-state index contributed by atoms with van der Waals surface area (Å²) in [6.07, 6.45) is 8.73. The van der Waals surface area contributed by atoms with E-state index in [1.54, 1.807) is 24.2 Å². The van der Waals surface area contributed by atoms with Gasteiger partial charge in [0.2, 0.25) is 0 Å². The Bertz CT molecular complexity index is 907. The molecule has 2 bridgehead atoms. The Morgan fingerprint density at radius 2 is 2.03 bits per heavy atom. The van der Waals surface area contributed by atoms with Gasteiger partial charge in [0.15, 0.2) is 5.82 Å². The largest absolute Gasteiger partial charge is 0.466 e. The van der Waals surface area contributed by atoms with Gasteiger partial charge in [-0.1, -0.05) is 17.8 Å². The zero-order valence-corrected chi connectivity index (χ0v) is 17.5. The second-order valence-corrected chi connectivity index (χ2v) is 9.20. The number of nitrogens with zero attached hydrogens (tertiary/aromatic N) is 3. The van der Waals surface area contributed by atoms with Gasteiger partial charge >= 0.3 is 5.97 Å². The summed E-state index contributed by atoms with van der Waals surface area (Å²) in [5.41, 5.74) is 2.44. The van der Waals surface area contributed by atoms with Crippen LogP contribution in [0.3, 0.4) is 0 Å². The third kappa shape index (κ3) is 3.85. The molecular weight excluding hydrogens is 384 g/mol. The van der Waals surface area contributed by atoms with E-state index in [0.717, 1.165) is 35.9 Å². The Balaban J connectivity index is 1.26. The molecule has 1 unspecified atom stereocenters. The smallest absolute Gasteiger partial charge is 0.306 e. The summed E-state index contributed by atoms with van der Waals surface area (Å²) in [7, 11) is 0. The summed E-state index contributed by atoms with van der Waals surface area (Å²) in [5.74, 6) is 1.27. The van der Waals surface area contributed by atoms with Crippen LogP contribution < -0.4 is 5.32 Å². The topological polar surface area (TPSA) is 67.3 Å². The fourth-order valence-electron chi connectivity index (χ4n) is 5.06. The lowest BCUT2D eigenvalue weighted by molar-refractivity contribution is -0.144. The Morgan fingerprint density at radius 1 is 1.24 bits per heavy atom. The van der Waals surface area contributed by atoms with E-state index in [1.807, 2.05) is 6.92 Å². The number of rotatable bonds is 5. The molecule has 0 amide bonds. The predicted molar refractivity (Wildman–Crippen MR) is 112 cm³/mol. The van der Waals surface area contributed by atoms with Gasteiger partial charge in [0.05, 0.1) is 12.3 Å². The molecule has 4 heterocycles. The Hall–Kier alpha value is -2.12. The number of hydrogen-bond acceptors (Lipinski definition) is 7. The molecule has 2 aromatic rings. The lowest BCUT2D eigenvalue weighted by Crippen LogP contribution is -2.42.